The molecule has 1 N–H and O–H groups in total. The van der Waals surface area contributed by atoms with Gasteiger partial charge in [0.05, 0.1) is 6.07 Å². The van der Waals surface area contributed by atoms with Gasteiger partial charge in [-0.25, -0.2) is 0 Å². The van der Waals surface area contributed by atoms with Crippen LogP contribution in [0.4, 0.5) is 0 Å². The molecule has 1 aromatic rings. The summed E-state index contributed by atoms with van der Waals surface area (Å²) in [6, 6.07) is 12.7. The third kappa shape index (κ3) is 3.59. The summed E-state index contributed by atoms with van der Waals surface area (Å²) in [7, 11) is 0. The van der Waals surface area contributed by atoms with Crippen LogP contribution in [-0.4, -0.2) is 31.1 Å². The van der Waals surface area contributed by atoms with Crippen LogP contribution in [0.2, 0.25) is 0 Å². The van der Waals surface area contributed by atoms with E-state index in [0.29, 0.717) is 0 Å². The van der Waals surface area contributed by atoms with Crippen molar-refractivity contribution in [3.63, 3.8) is 0 Å². The van der Waals surface area contributed by atoms with Gasteiger partial charge in [0.2, 0.25) is 0 Å². The highest BCUT2D eigenvalue weighted by Gasteiger charge is 2.35. The van der Waals surface area contributed by atoms with Crippen molar-refractivity contribution in [1.29, 1.82) is 5.26 Å². The van der Waals surface area contributed by atoms with E-state index in [2.05, 4.69) is 42.3 Å². The first-order valence-corrected chi connectivity index (χ1v) is 7.68. The van der Waals surface area contributed by atoms with Crippen LogP contribution in [0.25, 0.3) is 0 Å². The molecule has 0 spiro atoms. The molecule has 0 radical (unpaired) electrons. The van der Waals surface area contributed by atoms with Crippen molar-refractivity contribution in [3.05, 3.63) is 35.9 Å². The predicted octanol–water partition coefficient (Wildman–Crippen LogP) is 2.75. The van der Waals surface area contributed by atoms with Gasteiger partial charge < -0.3 is 4.90 Å². The van der Waals surface area contributed by atoms with Crippen molar-refractivity contribution in [2.45, 2.75) is 32.2 Å². The van der Waals surface area contributed by atoms with Crippen molar-refractivity contribution in [2.75, 3.05) is 26.2 Å². The van der Waals surface area contributed by atoms with Gasteiger partial charge in [0, 0.05) is 13.1 Å². The summed E-state index contributed by atoms with van der Waals surface area (Å²) in [5.41, 5.74) is 0.472. The molecule has 0 aromatic heterocycles. The van der Waals surface area contributed by atoms with Gasteiger partial charge in [-0.2, -0.15) is 5.26 Å². The molecule has 1 unspecified atom stereocenters. The Labute approximate surface area is 122 Å². The lowest BCUT2D eigenvalue weighted by molar-refractivity contribution is 0.214. The maximum absolute atomic E-state index is 9.82. The molecule has 0 bridgehead atoms. The molecule has 20 heavy (non-hydrogen) atoms. The number of hydrogen-bond donors (Lipinski definition) is 1. The summed E-state index contributed by atoms with van der Waals surface area (Å²) in [5.74, 6) is 0.851. The van der Waals surface area contributed by atoms with Gasteiger partial charge in [-0.3, -0.25) is 5.32 Å². The zero-order chi connectivity index (χ0) is 14.4. The average Bonchev–Trinajstić information content (AvgIpc) is 3.30. The van der Waals surface area contributed by atoms with Crippen molar-refractivity contribution in [2.24, 2.45) is 5.92 Å². The SMILES string of the molecule is CCNC(C#N)(CN(CC)CC1CC1)c1ccccc1. The normalized spacial score (nSPS) is 17.7. The Hall–Kier alpha value is -1.37. The Balaban J connectivity index is 2.19. The van der Waals surface area contributed by atoms with Crippen LogP contribution in [0, 0.1) is 17.2 Å². The molecule has 0 amide bonds. The van der Waals surface area contributed by atoms with E-state index in [0.717, 1.165) is 37.7 Å². The molecule has 3 heteroatoms. The topological polar surface area (TPSA) is 39.1 Å². The van der Waals surface area contributed by atoms with Crippen LogP contribution in [-0.2, 0) is 5.54 Å². The Morgan fingerprint density at radius 1 is 1.30 bits per heavy atom. The number of likely N-dealkylation sites (N-methyl/N-ethyl adjacent to an activating group) is 2. The van der Waals surface area contributed by atoms with Crippen LogP contribution in [0.5, 0.6) is 0 Å². The molecule has 1 saturated carbocycles. The Kier molecular flexibility index (Phi) is 5.17. The first-order valence-electron chi connectivity index (χ1n) is 7.68. The maximum Gasteiger partial charge on any atom is 0.145 e. The molecular formula is C17H25N3. The minimum atomic E-state index is -0.596. The highest BCUT2D eigenvalue weighted by atomic mass is 15.2. The summed E-state index contributed by atoms with van der Waals surface area (Å²) in [5, 5.41) is 13.2. The summed E-state index contributed by atoms with van der Waals surface area (Å²) in [6.45, 7) is 7.92. The zero-order valence-corrected chi connectivity index (χ0v) is 12.6. The van der Waals surface area contributed by atoms with Gasteiger partial charge >= 0.3 is 0 Å². The van der Waals surface area contributed by atoms with Crippen molar-refractivity contribution >= 4 is 0 Å². The number of nitrogens with zero attached hydrogens (tertiary/aromatic N) is 2. The van der Waals surface area contributed by atoms with Gasteiger partial charge in [-0.05, 0) is 37.4 Å². The van der Waals surface area contributed by atoms with Crippen LogP contribution in [0.1, 0.15) is 32.3 Å². The molecule has 1 aliphatic rings. The first-order chi connectivity index (χ1) is 9.74. The average molecular weight is 271 g/mol. The molecule has 1 aromatic carbocycles. The highest BCUT2D eigenvalue weighted by molar-refractivity contribution is 5.32. The minimum Gasteiger partial charge on any atom is -0.300 e. The minimum absolute atomic E-state index is 0.596. The number of hydrogen-bond acceptors (Lipinski definition) is 3. The first kappa shape index (κ1) is 15.0. The van der Waals surface area contributed by atoms with Gasteiger partial charge in [-0.1, -0.05) is 44.2 Å². The van der Waals surface area contributed by atoms with Gasteiger partial charge in [-0.15, -0.1) is 0 Å². The third-order valence-corrected chi connectivity index (χ3v) is 4.06. The highest BCUT2D eigenvalue weighted by Crippen LogP contribution is 2.31. The number of nitrogens with one attached hydrogen (secondary N) is 1. The fourth-order valence-corrected chi connectivity index (χ4v) is 2.72. The maximum atomic E-state index is 9.82. The summed E-state index contributed by atoms with van der Waals surface area (Å²) < 4.78 is 0. The lowest BCUT2D eigenvalue weighted by Crippen LogP contribution is -2.50. The Bertz CT molecular complexity index is 447. The number of rotatable bonds is 8. The molecule has 108 valence electrons. The van der Waals surface area contributed by atoms with E-state index in [1.165, 1.54) is 12.8 Å². The van der Waals surface area contributed by atoms with E-state index in [9.17, 15) is 5.26 Å². The monoisotopic (exact) mass is 271 g/mol. The van der Waals surface area contributed by atoms with E-state index in [1.807, 2.05) is 18.2 Å². The van der Waals surface area contributed by atoms with Crippen LogP contribution in [0.3, 0.4) is 0 Å². The Morgan fingerprint density at radius 3 is 2.50 bits per heavy atom. The van der Waals surface area contributed by atoms with Gasteiger partial charge in [0.1, 0.15) is 5.54 Å². The summed E-state index contributed by atoms with van der Waals surface area (Å²) in [6.07, 6.45) is 2.70. The molecule has 1 fully saturated rings. The molecule has 1 atom stereocenters. The molecule has 0 aliphatic heterocycles. The molecule has 0 heterocycles. The van der Waals surface area contributed by atoms with E-state index >= 15 is 0 Å². The lowest BCUT2D eigenvalue weighted by Gasteiger charge is -2.34. The van der Waals surface area contributed by atoms with Crippen molar-refractivity contribution in [1.82, 2.24) is 10.2 Å². The molecule has 3 nitrogen and oxygen atoms in total. The Morgan fingerprint density at radius 2 is 2.00 bits per heavy atom. The molecule has 2 rings (SSSR count). The van der Waals surface area contributed by atoms with Gasteiger partial charge in [0.15, 0.2) is 0 Å². The van der Waals surface area contributed by atoms with E-state index in [1.54, 1.807) is 0 Å². The standard InChI is InChI=1S/C17H25N3/c1-3-19-17(13-18,16-8-6-5-7-9-16)14-20(4-2)12-15-10-11-15/h5-9,15,19H,3-4,10-12,14H2,1-2H3. The number of nitriles is 1. The zero-order valence-electron chi connectivity index (χ0n) is 12.6. The van der Waals surface area contributed by atoms with E-state index < -0.39 is 5.54 Å². The molecule has 1 aliphatic carbocycles. The summed E-state index contributed by atoms with van der Waals surface area (Å²) in [4.78, 5) is 2.41. The van der Waals surface area contributed by atoms with E-state index in [4.69, 9.17) is 0 Å². The quantitative estimate of drug-likeness (QED) is 0.790. The van der Waals surface area contributed by atoms with Crippen LogP contribution in [0.15, 0.2) is 30.3 Å². The summed E-state index contributed by atoms with van der Waals surface area (Å²) >= 11 is 0. The van der Waals surface area contributed by atoms with Crippen molar-refractivity contribution in [3.8, 4) is 6.07 Å². The largest absolute Gasteiger partial charge is 0.300 e. The molecular weight excluding hydrogens is 246 g/mol. The smallest absolute Gasteiger partial charge is 0.145 e. The predicted molar refractivity (Wildman–Crippen MR) is 82.2 cm³/mol. The fourth-order valence-electron chi connectivity index (χ4n) is 2.72. The second kappa shape index (κ2) is 6.88. The van der Waals surface area contributed by atoms with E-state index in [-0.39, 0.29) is 0 Å². The second-order valence-corrected chi connectivity index (χ2v) is 5.68. The van der Waals surface area contributed by atoms with Gasteiger partial charge in [0.25, 0.3) is 0 Å². The molecule has 0 saturated heterocycles. The third-order valence-electron chi connectivity index (χ3n) is 4.06. The fraction of sp³-hybridized carbons (Fsp3) is 0.588. The second-order valence-electron chi connectivity index (χ2n) is 5.68. The van der Waals surface area contributed by atoms with Crippen molar-refractivity contribution < 1.29 is 0 Å². The number of benzene rings is 1. The van der Waals surface area contributed by atoms with Crippen LogP contribution < -0.4 is 5.32 Å². The lowest BCUT2D eigenvalue weighted by atomic mass is 9.90. The van der Waals surface area contributed by atoms with Crippen LogP contribution >= 0.6 is 0 Å².